The molecule has 0 aliphatic rings. The first kappa shape index (κ1) is 2050. The molecule has 0 aromatic carbocycles. The second-order valence-electron chi connectivity index (χ2n) is 1.000. The average Bonchev–Trinajstić information content (AvgIpc) is 1.72. The van der Waals surface area contributed by atoms with E-state index < -0.39 is 0 Å². The van der Waals surface area contributed by atoms with Gasteiger partial charge in [-0.2, -0.15) is 0 Å². The lowest BCUT2D eigenvalue weighted by atomic mass is 10.4. The van der Waals surface area contributed by atoms with Crippen molar-refractivity contribution in [3.63, 3.8) is 0 Å². The Balaban J connectivity index is -0.000000000216. The molecule has 0 heterocycles. The number of unbranched alkanes of at least 4 members (excludes halogenated alkanes) is 1. The molecule has 0 saturated heterocycles. The molecule has 4 nitrogen and oxygen atoms in total. The summed E-state index contributed by atoms with van der Waals surface area (Å²) < 4.78 is 0. The second kappa shape index (κ2) is 8110. The molecule has 0 aromatic heterocycles. The molecule has 8 N–H and O–H groups in total. The Morgan fingerprint density at radius 2 is 0.250 bits per heavy atom. The van der Waals surface area contributed by atoms with Crippen LogP contribution in [0.4, 0.5) is 0 Å². The van der Waals surface area contributed by atoms with Crippen LogP contribution < -0.4 is 0 Å². The third-order valence-corrected chi connectivity index (χ3v) is 0.500. The van der Waals surface area contributed by atoms with Crippen LogP contribution >= 0.6 is 0 Å². The summed E-state index contributed by atoms with van der Waals surface area (Å²) in [4.78, 5) is 0. The lowest BCUT2D eigenvalue weighted by Crippen LogP contribution is -1.47. The molecular formula is C28H112O4. The lowest BCUT2D eigenvalue weighted by Gasteiger charge is -1.68. The molecule has 0 spiro atoms. The normalized spacial score (nSPS) is 1.12. The summed E-state index contributed by atoms with van der Waals surface area (Å²) >= 11 is 0. The van der Waals surface area contributed by atoms with Crippen LogP contribution in [0.25, 0.3) is 0 Å². The van der Waals surface area contributed by atoms with Gasteiger partial charge in [-0.15, -0.1) is 0 Å². The highest BCUT2D eigenvalue weighted by molar-refractivity contribution is 4.12. The van der Waals surface area contributed by atoms with E-state index in [9.17, 15) is 0 Å². The fourth-order valence-electron chi connectivity index (χ4n) is 0. The molecule has 0 rings (SSSR count). The van der Waals surface area contributed by atoms with Crippen molar-refractivity contribution in [2.24, 2.45) is 0 Å². The Morgan fingerprint density at radius 1 is 0.219 bits per heavy atom. The summed E-state index contributed by atoms with van der Waals surface area (Å²) in [6.07, 6.45) is 2.64. The van der Waals surface area contributed by atoms with E-state index in [1.807, 2.05) is 13.8 Å². The quantitative estimate of drug-likeness (QED) is 0.331. The van der Waals surface area contributed by atoms with E-state index in [4.69, 9.17) is 0 Å². The fourth-order valence-corrected chi connectivity index (χ4v) is 0. The molecule has 0 unspecified atom stereocenters. The standard InChI is InChI=1S/C4H10.C2H6.22CH4.4H2O/c1-3-4-2;1-2;;;;;;;;;;;;;;;;;;;;;;;;;;/h3-4H2,1-2H3;1-2H3;22*1H4;4*1H2. The fraction of sp³-hybridized carbons (Fsp3) is 1.00. The van der Waals surface area contributed by atoms with E-state index in [0.29, 0.717) is 0 Å². The molecule has 0 fully saturated rings. The topological polar surface area (TPSA) is 126 Å². The van der Waals surface area contributed by atoms with Crippen molar-refractivity contribution >= 4 is 0 Å². The van der Waals surface area contributed by atoms with Gasteiger partial charge in [-0.25, -0.2) is 0 Å². The summed E-state index contributed by atoms with van der Waals surface area (Å²) in [6, 6.07) is 0. The van der Waals surface area contributed by atoms with Crippen molar-refractivity contribution in [2.45, 2.75) is 204 Å². The van der Waals surface area contributed by atoms with E-state index in [2.05, 4.69) is 13.8 Å². The third-order valence-electron chi connectivity index (χ3n) is 0.500. The first-order valence-electron chi connectivity index (χ1n) is 2.91. The van der Waals surface area contributed by atoms with Crippen molar-refractivity contribution < 1.29 is 21.9 Å². The van der Waals surface area contributed by atoms with Crippen LogP contribution in [0, 0.1) is 0 Å². The van der Waals surface area contributed by atoms with E-state index in [-0.39, 0.29) is 185 Å². The summed E-state index contributed by atoms with van der Waals surface area (Å²) in [5.74, 6) is 0. The van der Waals surface area contributed by atoms with Gasteiger partial charge < -0.3 is 21.9 Å². The Morgan fingerprint density at radius 3 is 0.250 bits per heavy atom. The third kappa shape index (κ3) is 35200. The maximum absolute atomic E-state index is 2.18. The Bertz CT molecular complexity index is 19.4. The number of rotatable bonds is 1. The predicted octanol–water partition coefficient (Wildman–Crippen LogP) is 13.5. The van der Waals surface area contributed by atoms with Crippen LogP contribution in [0.5, 0.6) is 0 Å². The number of hydrogen-bond donors (Lipinski definition) is 0. The molecule has 0 aromatic rings. The highest BCUT2D eigenvalue weighted by atomic mass is 16.0. The first-order valence-corrected chi connectivity index (χ1v) is 2.91. The van der Waals surface area contributed by atoms with Crippen molar-refractivity contribution in [3.05, 3.63) is 0 Å². The molecule has 32 heavy (non-hydrogen) atoms. The summed E-state index contributed by atoms with van der Waals surface area (Å²) in [5, 5.41) is 0. The second-order valence-corrected chi connectivity index (χ2v) is 1.000. The van der Waals surface area contributed by atoms with Gasteiger partial charge in [-0.05, 0) is 0 Å². The van der Waals surface area contributed by atoms with Gasteiger partial charge in [-0.3, -0.25) is 0 Å². The summed E-state index contributed by atoms with van der Waals surface area (Å²) in [6.45, 7) is 8.36. The highest BCUT2D eigenvalue weighted by Gasteiger charge is 1.56. The summed E-state index contributed by atoms with van der Waals surface area (Å²) in [7, 11) is 0. The molecule has 0 aliphatic heterocycles. The monoisotopic (exact) mass is 513 g/mol. The number of hydrogen-bond acceptors (Lipinski definition) is 0. The molecule has 0 saturated carbocycles. The molecule has 0 amide bonds. The van der Waals surface area contributed by atoms with Gasteiger partial charge in [0.1, 0.15) is 0 Å². The van der Waals surface area contributed by atoms with E-state index in [0.717, 1.165) is 0 Å². The van der Waals surface area contributed by atoms with Crippen molar-refractivity contribution in [2.75, 3.05) is 0 Å². The molecule has 4 heteroatoms. The van der Waals surface area contributed by atoms with Crippen LogP contribution in [-0.2, 0) is 0 Å². The lowest BCUT2D eigenvalue weighted by molar-refractivity contribution is 0.823. The molecule has 0 aliphatic carbocycles. The minimum Gasteiger partial charge on any atom is -0.412 e. The minimum absolute atomic E-state index is 0. The molecule has 248 valence electrons. The van der Waals surface area contributed by atoms with Crippen LogP contribution in [0.15, 0.2) is 0 Å². The van der Waals surface area contributed by atoms with Crippen molar-refractivity contribution in [3.8, 4) is 0 Å². The average molecular weight is 513 g/mol. The van der Waals surface area contributed by atoms with Gasteiger partial charge in [0, 0.05) is 0 Å². The van der Waals surface area contributed by atoms with Gasteiger partial charge in [0.05, 0.1) is 0 Å². The van der Waals surface area contributed by atoms with Crippen molar-refractivity contribution in [1.29, 1.82) is 0 Å². The zero-order valence-electron chi connectivity index (χ0n) is 7.41. The Hall–Kier alpha value is -0.160. The predicted molar refractivity (Wildman–Crippen MR) is 194 cm³/mol. The maximum Gasteiger partial charge on any atom is -0.0564 e. The summed E-state index contributed by atoms with van der Waals surface area (Å²) in [5.41, 5.74) is 0. The van der Waals surface area contributed by atoms with Gasteiger partial charge in [-0.1, -0.05) is 204 Å². The zero-order valence-corrected chi connectivity index (χ0v) is 7.41. The van der Waals surface area contributed by atoms with Gasteiger partial charge >= 0.3 is 0 Å². The van der Waals surface area contributed by atoms with E-state index in [1.165, 1.54) is 12.8 Å². The van der Waals surface area contributed by atoms with Crippen LogP contribution in [0.2, 0.25) is 0 Å². The van der Waals surface area contributed by atoms with Crippen LogP contribution in [0.3, 0.4) is 0 Å². The zero-order chi connectivity index (χ0) is 5.41. The molecule has 0 atom stereocenters. The van der Waals surface area contributed by atoms with E-state index >= 15 is 0 Å². The highest BCUT2D eigenvalue weighted by Crippen LogP contribution is 1.76. The van der Waals surface area contributed by atoms with Crippen LogP contribution in [-0.4, -0.2) is 21.9 Å². The largest absolute Gasteiger partial charge is 0.412 e. The van der Waals surface area contributed by atoms with Gasteiger partial charge in [0.25, 0.3) is 0 Å². The smallest absolute Gasteiger partial charge is 0.0564 e. The Labute approximate surface area is 226 Å². The SMILES string of the molecule is C.C.C.C.C.C.C.C.C.C.C.C.C.C.C.C.C.C.C.C.C.C.CC.CCCC.O.O.O.O. The Kier molecular flexibility index (Phi) is 521000. The van der Waals surface area contributed by atoms with Crippen LogP contribution in [0.1, 0.15) is 204 Å². The van der Waals surface area contributed by atoms with Gasteiger partial charge in [0.2, 0.25) is 0 Å². The minimum atomic E-state index is 0. The maximum atomic E-state index is 2.18. The molecular weight excluding hydrogens is 400 g/mol. The van der Waals surface area contributed by atoms with E-state index in [1.54, 1.807) is 0 Å². The molecule has 0 radical (unpaired) electrons. The van der Waals surface area contributed by atoms with Crippen molar-refractivity contribution in [1.82, 2.24) is 0 Å². The molecule has 0 bridgehead atoms. The van der Waals surface area contributed by atoms with Gasteiger partial charge in [0.15, 0.2) is 0 Å². The first-order chi connectivity index (χ1) is 2.91.